The summed E-state index contributed by atoms with van der Waals surface area (Å²) in [6.45, 7) is 2.80. The Labute approximate surface area is 199 Å². The number of ether oxygens (including phenoxy) is 3. The van der Waals surface area contributed by atoms with Gasteiger partial charge in [-0.05, 0) is 44.2 Å². The van der Waals surface area contributed by atoms with E-state index in [4.69, 9.17) is 25.8 Å². The highest BCUT2D eigenvalue weighted by Crippen LogP contribution is 2.32. The molecule has 1 aromatic heterocycles. The van der Waals surface area contributed by atoms with Crippen molar-refractivity contribution < 1.29 is 28.6 Å². The minimum absolute atomic E-state index is 0.0497. The summed E-state index contributed by atoms with van der Waals surface area (Å²) in [6, 6.07) is 11.2. The maximum atomic E-state index is 12.2. The second-order valence-corrected chi connectivity index (χ2v) is 7.99. The number of nitrogens with zero attached hydrogens (tertiary/aromatic N) is 1. The summed E-state index contributed by atoms with van der Waals surface area (Å²) in [7, 11) is 0. The Morgan fingerprint density at radius 2 is 1.76 bits per heavy atom. The monoisotopic (exact) mass is 491 g/mol. The number of esters is 2. The highest BCUT2D eigenvalue weighted by atomic mass is 35.5. The van der Waals surface area contributed by atoms with Crippen molar-refractivity contribution in [1.82, 2.24) is 10.3 Å². The van der Waals surface area contributed by atoms with Crippen molar-refractivity contribution in [2.24, 2.45) is 0 Å². The number of aromatic nitrogens is 1. The molecule has 0 fully saturated rings. The maximum absolute atomic E-state index is 12.2. The van der Waals surface area contributed by atoms with Crippen LogP contribution >= 0.6 is 22.9 Å². The van der Waals surface area contributed by atoms with Crippen molar-refractivity contribution in [3.8, 4) is 5.75 Å². The van der Waals surface area contributed by atoms with Crippen LogP contribution in [0.2, 0.25) is 5.02 Å². The average Bonchev–Trinajstić information content (AvgIpc) is 3.19. The van der Waals surface area contributed by atoms with Crippen LogP contribution in [0.15, 0.2) is 42.5 Å². The van der Waals surface area contributed by atoms with Gasteiger partial charge in [0.1, 0.15) is 5.75 Å². The van der Waals surface area contributed by atoms with Crippen LogP contribution in [0.1, 0.15) is 13.8 Å². The number of carbonyl (C=O) groups is 3. The summed E-state index contributed by atoms with van der Waals surface area (Å²) in [4.78, 5) is 40.7. The minimum Gasteiger partial charge on any atom is -0.482 e. The van der Waals surface area contributed by atoms with E-state index in [9.17, 15) is 14.4 Å². The molecule has 3 rings (SSSR count). The van der Waals surface area contributed by atoms with Crippen molar-refractivity contribution in [3.05, 3.63) is 47.5 Å². The minimum atomic E-state index is -1.57. The molecule has 174 valence electrons. The summed E-state index contributed by atoms with van der Waals surface area (Å²) < 4.78 is 16.1. The fourth-order valence-electron chi connectivity index (χ4n) is 2.76. The quantitative estimate of drug-likeness (QED) is 0.326. The fourth-order valence-corrected chi connectivity index (χ4v) is 3.88. The number of hydrogen-bond acceptors (Lipinski definition) is 9. The molecule has 9 nitrogen and oxygen atoms in total. The van der Waals surface area contributed by atoms with E-state index in [1.54, 1.807) is 32.0 Å². The van der Waals surface area contributed by atoms with Crippen LogP contribution < -0.4 is 15.4 Å². The third-order valence-corrected chi connectivity index (χ3v) is 5.43. The third-order valence-electron chi connectivity index (χ3n) is 4.19. The molecule has 2 N–H and O–H groups in total. The van der Waals surface area contributed by atoms with Crippen LogP contribution in [0.5, 0.6) is 5.75 Å². The first kappa shape index (κ1) is 24.3. The molecule has 1 amide bonds. The van der Waals surface area contributed by atoms with Crippen molar-refractivity contribution >= 4 is 61.8 Å². The summed E-state index contributed by atoms with van der Waals surface area (Å²) >= 11 is 7.79. The maximum Gasteiger partial charge on any atom is 0.340 e. The van der Waals surface area contributed by atoms with Gasteiger partial charge < -0.3 is 24.8 Å². The third kappa shape index (κ3) is 6.56. The van der Waals surface area contributed by atoms with Crippen LogP contribution in [0.3, 0.4) is 0 Å². The van der Waals surface area contributed by atoms with Gasteiger partial charge in [-0.25, -0.2) is 14.6 Å². The average molecular weight is 492 g/mol. The van der Waals surface area contributed by atoms with Gasteiger partial charge in [0.15, 0.2) is 11.7 Å². The summed E-state index contributed by atoms with van der Waals surface area (Å²) in [5.41, 5.74) is 1.59. The second-order valence-electron chi connectivity index (χ2n) is 6.55. The highest BCUT2D eigenvalue weighted by Gasteiger charge is 2.31. The van der Waals surface area contributed by atoms with E-state index >= 15 is 0 Å². The molecule has 0 saturated carbocycles. The molecule has 0 aliphatic rings. The standard InChI is InChI=1S/C22H22ClN3O6S/c1-3-30-20(28)19(21(29)31-4-2)26-18(27)12-32-16-10-9-13(11-14(16)23)24-22-25-15-7-5-6-8-17(15)33-22/h5-11,19H,3-4,12H2,1-2H3,(H,24,25)(H,26,27). The van der Waals surface area contributed by atoms with Crippen LogP contribution in [0, 0.1) is 0 Å². The Hall–Kier alpha value is -3.37. The normalized spacial score (nSPS) is 10.7. The molecular formula is C22H22ClN3O6S. The Morgan fingerprint density at radius 1 is 1.06 bits per heavy atom. The first-order valence-electron chi connectivity index (χ1n) is 10.1. The fraction of sp³-hybridized carbons (Fsp3) is 0.273. The number of nitrogens with one attached hydrogen (secondary N) is 2. The van der Waals surface area contributed by atoms with Gasteiger partial charge in [0.25, 0.3) is 5.91 Å². The van der Waals surface area contributed by atoms with E-state index in [1.165, 1.54) is 11.3 Å². The van der Waals surface area contributed by atoms with Gasteiger partial charge in [-0.1, -0.05) is 35.1 Å². The van der Waals surface area contributed by atoms with Crippen molar-refractivity contribution in [1.29, 1.82) is 0 Å². The van der Waals surface area contributed by atoms with E-state index in [1.807, 2.05) is 24.3 Å². The number of amides is 1. The van der Waals surface area contributed by atoms with Gasteiger partial charge in [-0.3, -0.25) is 4.79 Å². The molecule has 0 atom stereocenters. The number of para-hydroxylation sites is 1. The number of carbonyl (C=O) groups excluding carboxylic acids is 3. The number of thiazole rings is 1. The number of halogens is 1. The molecule has 33 heavy (non-hydrogen) atoms. The SMILES string of the molecule is CCOC(=O)C(NC(=O)COc1ccc(Nc2nc3ccccc3s2)cc1Cl)C(=O)OCC. The number of anilines is 2. The molecule has 3 aromatic rings. The van der Waals surface area contributed by atoms with Crippen LogP contribution in [0.25, 0.3) is 10.2 Å². The Balaban J connectivity index is 1.59. The molecule has 0 unspecified atom stereocenters. The molecule has 0 bridgehead atoms. The van der Waals surface area contributed by atoms with Crippen LogP contribution in [-0.2, 0) is 23.9 Å². The van der Waals surface area contributed by atoms with E-state index in [0.717, 1.165) is 10.2 Å². The smallest absolute Gasteiger partial charge is 0.340 e. The molecule has 0 spiro atoms. The van der Waals surface area contributed by atoms with Gasteiger partial charge in [0, 0.05) is 5.69 Å². The first-order chi connectivity index (χ1) is 15.9. The molecule has 1 heterocycles. The number of rotatable bonds is 10. The van der Waals surface area contributed by atoms with E-state index < -0.39 is 30.5 Å². The van der Waals surface area contributed by atoms with Crippen molar-refractivity contribution in [2.75, 3.05) is 25.1 Å². The van der Waals surface area contributed by atoms with Gasteiger partial charge in [0.05, 0.1) is 28.5 Å². The summed E-state index contributed by atoms with van der Waals surface area (Å²) in [6.07, 6.45) is 0. The molecule has 0 saturated heterocycles. The van der Waals surface area contributed by atoms with E-state index in [2.05, 4.69) is 15.6 Å². The number of fused-ring (bicyclic) bond motifs is 1. The first-order valence-corrected chi connectivity index (χ1v) is 11.3. The van der Waals surface area contributed by atoms with Gasteiger partial charge in [0.2, 0.25) is 6.04 Å². The Morgan fingerprint density at radius 3 is 2.39 bits per heavy atom. The highest BCUT2D eigenvalue weighted by molar-refractivity contribution is 7.22. The van der Waals surface area contributed by atoms with Gasteiger partial charge >= 0.3 is 11.9 Å². The van der Waals surface area contributed by atoms with Crippen LogP contribution in [-0.4, -0.2) is 48.7 Å². The molecule has 0 aliphatic carbocycles. The van der Waals surface area contributed by atoms with Crippen molar-refractivity contribution in [2.45, 2.75) is 19.9 Å². The number of hydrogen-bond donors (Lipinski definition) is 2. The van der Waals surface area contributed by atoms with Gasteiger partial charge in [-0.15, -0.1) is 0 Å². The van der Waals surface area contributed by atoms with Crippen molar-refractivity contribution in [3.63, 3.8) is 0 Å². The lowest BCUT2D eigenvalue weighted by molar-refractivity contribution is -0.159. The predicted octanol–water partition coefficient (Wildman–Crippen LogP) is 3.68. The topological polar surface area (TPSA) is 116 Å². The van der Waals surface area contributed by atoms with E-state index in [0.29, 0.717) is 10.8 Å². The predicted molar refractivity (Wildman–Crippen MR) is 125 cm³/mol. The van der Waals surface area contributed by atoms with Crippen LogP contribution in [0.4, 0.5) is 10.8 Å². The Kier molecular flexibility index (Phi) is 8.45. The second kappa shape index (κ2) is 11.5. The number of benzene rings is 2. The zero-order chi connectivity index (χ0) is 23.8. The molecule has 0 aliphatic heterocycles. The zero-order valence-corrected chi connectivity index (χ0v) is 19.5. The Bertz CT molecular complexity index is 1100. The lowest BCUT2D eigenvalue weighted by Gasteiger charge is -2.16. The van der Waals surface area contributed by atoms with Gasteiger partial charge in [-0.2, -0.15) is 0 Å². The zero-order valence-electron chi connectivity index (χ0n) is 17.9. The lowest BCUT2D eigenvalue weighted by Crippen LogP contribution is -2.49. The summed E-state index contributed by atoms with van der Waals surface area (Å²) in [5, 5.41) is 6.42. The van der Waals surface area contributed by atoms with E-state index in [-0.39, 0.29) is 24.0 Å². The molecular weight excluding hydrogens is 470 g/mol. The molecule has 0 radical (unpaired) electrons. The summed E-state index contributed by atoms with van der Waals surface area (Å²) in [5.74, 6) is -2.28. The molecule has 11 heteroatoms. The largest absolute Gasteiger partial charge is 0.482 e. The molecule has 2 aromatic carbocycles. The lowest BCUT2D eigenvalue weighted by atomic mass is 10.3.